The second-order valence-electron chi connectivity index (χ2n) is 19.3. The molecule has 6 aromatic carbocycles. The molecule has 8 aromatic rings. The number of nitrogens with two attached hydrogens (primary N) is 2. The fourth-order valence-electron chi connectivity index (χ4n) is 8.35. The number of carbonyl (C=O) groups excluding carboxylic acids is 1. The van der Waals surface area contributed by atoms with E-state index in [9.17, 15) is 14.7 Å². The number of hydrogen-bond acceptors (Lipinski definition) is 10. The molecule has 0 fully saturated rings. The Labute approximate surface area is 443 Å². The number of aliphatic carboxylic acids is 1. The Bertz CT molecular complexity index is 3170. The zero-order valence-corrected chi connectivity index (χ0v) is 43.7. The van der Waals surface area contributed by atoms with Crippen LogP contribution in [0.3, 0.4) is 0 Å². The predicted octanol–water partition coefficient (Wildman–Crippen LogP) is 10.7. The van der Waals surface area contributed by atoms with E-state index in [0.717, 1.165) is 77.6 Å². The van der Waals surface area contributed by atoms with Crippen LogP contribution in [0.4, 0.5) is 0 Å². The van der Waals surface area contributed by atoms with Crippen LogP contribution in [-0.2, 0) is 64.3 Å². The van der Waals surface area contributed by atoms with Gasteiger partial charge < -0.3 is 45.1 Å². The van der Waals surface area contributed by atoms with Gasteiger partial charge >= 0.3 is 30.8 Å². The Morgan fingerprint density at radius 3 is 1.42 bits per heavy atom. The maximum Gasteiger partial charge on any atom is 1.00 e. The number of rotatable bonds is 15. The molecule has 11 nitrogen and oxygen atoms in total. The molecule has 8 rings (SSSR count). The first-order chi connectivity index (χ1) is 33.3. The third-order valence-corrected chi connectivity index (χ3v) is 12.5. The number of esters is 1. The summed E-state index contributed by atoms with van der Waals surface area (Å²) in [5.41, 5.74) is 24.0. The number of carboxylic acid groups (broad SMARTS) is 1. The Hall–Kier alpha value is -6.00. The predicted molar refractivity (Wildman–Crippen MR) is 282 cm³/mol. The molecule has 0 spiro atoms. The first kappa shape index (κ1) is 56.9. The summed E-state index contributed by atoms with van der Waals surface area (Å²) in [5, 5.41) is 12.5. The summed E-state index contributed by atoms with van der Waals surface area (Å²) in [5.74, 6) is -0.109. The van der Waals surface area contributed by atoms with Crippen LogP contribution in [0, 0.1) is 0 Å². The molecule has 72 heavy (non-hydrogen) atoms. The average Bonchev–Trinajstić information content (AvgIpc) is 4.00. The number of ether oxygens (including phenoxy) is 3. The molecule has 0 atom stereocenters. The van der Waals surface area contributed by atoms with Crippen LogP contribution in [0.15, 0.2) is 131 Å². The van der Waals surface area contributed by atoms with E-state index in [1.807, 2.05) is 78.9 Å². The van der Waals surface area contributed by atoms with Crippen LogP contribution >= 0.6 is 23.2 Å². The summed E-state index contributed by atoms with van der Waals surface area (Å²) >= 11 is 13.1. The second-order valence-corrected chi connectivity index (χ2v) is 20.1. The van der Waals surface area contributed by atoms with Gasteiger partial charge in [0, 0.05) is 56.2 Å². The number of benzene rings is 6. The van der Waals surface area contributed by atoms with Crippen LogP contribution < -0.4 is 39.8 Å². The first-order valence-corrected chi connectivity index (χ1v) is 24.0. The molecule has 372 valence electrons. The van der Waals surface area contributed by atoms with Gasteiger partial charge in [0.2, 0.25) is 0 Å². The third kappa shape index (κ3) is 13.9. The molecular weight excluding hydrogens is 946 g/mol. The van der Waals surface area contributed by atoms with Crippen LogP contribution in [-0.4, -0.2) is 29.1 Å². The molecule has 0 radical (unpaired) electrons. The van der Waals surface area contributed by atoms with Crippen molar-refractivity contribution >= 4 is 57.1 Å². The Kier molecular flexibility index (Phi) is 19.5. The molecule has 0 bridgehead atoms. The maximum atomic E-state index is 12.3. The normalized spacial score (nSPS) is 11.3. The van der Waals surface area contributed by atoms with Gasteiger partial charge in [0.15, 0.2) is 0 Å². The van der Waals surface area contributed by atoms with Crippen molar-refractivity contribution < 1.29 is 62.1 Å². The molecule has 0 aliphatic carbocycles. The van der Waals surface area contributed by atoms with Gasteiger partial charge in [-0.1, -0.05) is 101 Å². The summed E-state index contributed by atoms with van der Waals surface area (Å²) in [7, 11) is 0. The topological polar surface area (TPSA) is 190 Å². The van der Waals surface area contributed by atoms with Crippen LogP contribution in [0.1, 0.15) is 93.0 Å². The minimum atomic E-state index is -0.939. The van der Waals surface area contributed by atoms with E-state index in [-0.39, 0.29) is 60.6 Å². The van der Waals surface area contributed by atoms with Crippen LogP contribution in [0.2, 0.25) is 10.0 Å². The summed E-state index contributed by atoms with van der Waals surface area (Å²) in [4.78, 5) is 23.7. The van der Waals surface area contributed by atoms with Crippen molar-refractivity contribution in [3.8, 4) is 33.8 Å². The summed E-state index contributed by atoms with van der Waals surface area (Å²) in [6.07, 6.45) is 3.28. The van der Waals surface area contributed by atoms with Gasteiger partial charge in [-0.25, -0.2) is 0 Å². The van der Waals surface area contributed by atoms with Crippen molar-refractivity contribution in [2.24, 2.45) is 11.5 Å². The smallest absolute Gasteiger partial charge is 0.870 e. The molecule has 0 saturated heterocycles. The van der Waals surface area contributed by atoms with Gasteiger partial charge in [-0.3, -0.25) is 9.59 Å². The first-order valence-electron chi connectivity index (χ1n) is 23.2. The van der Waals surface area contributed by atoms with Gasteiger partial charge in [0.1, 0.15) is 35.9 Å². The Morgan fingerprint density at radius 1 is 0.597 bits per heavy atom. The number of hydrogen-bond donors (Lipinski definition) is 3. The van der Waals surface area contributed by atoms with E-state index in [1.54, 1.807) is 25.5 Å². The van der Waals surface area contributed by atoms with Crippen molar-refractivity contribution in [3.63, 3.8) is 0 Å². The standard InChI is InChI=1S/C30H32ClNO4.C28H28ClNO4.Li.H2O/c1-5-34-28(33)15-23-14-26(31)25(30(2,3)4)16-27(23)36-18-20-12-22-9-10-35-29(22)24(13-20)21-8-6-7-19(11-21)17-32;1-28(2,3)23-14-25(21(12-24(23)29)13-26(31)32)34-16-18-10-20-7-8-33-27(20)22(11-18)19-6-4-5-17(9-19)15-30;;/h6-14,16H,5,15,17-18,32H2,1-4H3;4-12,14H,13,15-16,30H2,1-3H3,(H,31,32);;1H2/q;;+1;/p-1. The molecular formula is C58H61Cl2LiN2O9. The van der Waals surface area contributed by atoms with E-state index in [4.69, 9.17) is 57.7 Å². The minimum absolute atomic E-state index is 0. The van der Waals surface area contributed by atoms with E-state index < -0.39 is 5.97 Å². The number of carboxylic acids is 1. The van der Waals surface area contributed by atoms with E-state index in [0.29, 0.717) is 59.0 Å². The Morgan fingerprint density at radius 2 is 1.03 bits per heavy atom. The summed E-state index contributed by atoms with van der Waals surface area (Å²) < 4.78 is 29.3. The molecule has 2 heterocycles. The molecule has 0 amide bonds. The van der Waals surface area contributed by atoms with E-state index in [1.165, 1.54) is 0 Å². The molecule has 14 heteroatoms. The fraction of sp³-hybridized carbons (Fsp3) is 0.276. The summed E-state index contributed by atoms with van der Waals surface area (Å²) in [6.45, 7) is 16.1. The van der Waals surface area contributed by atoms with E-state index in [2.05, 4.69) is 65.8 Å². The molecule has 2 aromatic heterocycles. The molecule has 0 saturated carbocycles. The minimum Gasteiger partial charge on any atom is -0.870 e. The quantitative estimate of drug-likeness (QED) is 0.0654. The van der Waals surface area contributed by atoms with Gasteiger partial charge in [-0.05, 0) is 135 Å². The van der Waals surface area contributed by atoms with Gasteiger partial charge in [-0.15, -0.1) is 0 Å². The number of furan rings is 2. The zero-order chi connectivity index (χ0) is 50.3. The molecule has 6 N–H and O–H groups in total. The largest absolute Gasteiger partial charge is 1.00 e. The zero-order valence-electron chi connectivity index (χ0n) is 42.2. The van der Waals surface area contributed by atoms with Crippen molar-refractivity contribution in [3.05, 3.63) is 176 Å². The fourth-order valence-corrected chi connectivity index (χ4v) is 9.29. The monoisotopic (exact) mass is 1010 g/mol. The maximum absolute atomic E-state index is 12.3. The van der Waals surface area contributed by atoms with Crippen molar-refractivity contribution in [1.29, 1.82) is 0 Å². The van der Waals surface area contributed by atoms with Gasteiger partial charge in [0.25, 0.3) is 0 Å². The number of carbonyl (C=O) groups is 2. The van der Waals surface area contributed by atoms with Crippen molar-refractivity contribution in [2.75, 3.05) is 6.61 Å². The third-order valence-electron chi connectivity index (χ3n) is 11.9. The van der Waals surface area contributed by atoms with Gasteiger partial charge in [0.05, 0.1) is 32.0 Å². The summed E-state index contributed by atoms with van der Waals surface area (Å²) in [6, 6.07) is 35.6. The molecule has 0 aliphatic heterocycles. The second kappa shape index (κ2) is 24.6. The number of fused-ring (bicyclic) bond motifs is 2. The van der Waals surface area contributed by atoms with Crippen LogP contribution in [0.25, 0.3) is 44.2 Å². The van der Waals surface area contributed by atoms with Crippen molar-refractivity contribution in [1.82, 2.24) is 0 Å². The van der Waals surface area contributed by atoms with Crippen molar-refractivity contribution in [2.45, 2.75) is 98.4 Å². The van der Waals surface area contributed by atoms with Crippen LogP contribution in [0.5, 0.6) is 11.5 Å². The van der Waals surface area contributed by atoms with E-state index >= 15 is 0 Å². The average molecular weight is 1010 g/mol. The number of halogens is 2. The Balaban J connectivity index is 0.000000261. The molecule has 0 unspecified atom stereocenters. The SMILES string of the molecule is CC(C)(C)c1cc(OCc2cc(-c3cccc(CN)c3)c3occc3c2)c(CC(=O)O)cc1Cl.CCOC(=O)Cc1cc(Cl)c(C(C)(C)C)cc1OCc1cc(-c2cccc(CN)c2)c2occc2c1.[Li+].[OH-]. The van der Waals surface area contributed by atoms with Gasteiger partial charge in [-0.2, -0.15) is 0 Å². The molecule has 0 aliphatic rings.